The highest BCUT2D eigenvalue weighted by Crippen LogP contribution is 2.18. The number of nitrogens with two attached hydrogens (primary N) is 1. The van der Waals surface area contributed by atoms with Crippen molar-refractivity contribution in [3.8, 4) is 0 Å². The number of hydrogen-bond acceptors (Lipinski definition) is 2. The number of hydrogen-bond donors (Lipinski definition) is 2. The van der Waals surface area contributed by atoms with E-state index in [9.17, 15) is 0 Å². The third-order valence-electron chi connectivity index (χ3n) is 2.28. The molecule has 0 aliphatic heterocycles. The van der Waals surface area contributed by atoms with Crippen molar-refractivity contribution >= 4 is 0 Å². The number of benzene rings is 1. The lowest BCUT2D eigenvalue weighted by Gasteiger charge is -2.11. The van der Waals surface area contributed by atoms with Gasteiger partial charge in [-0.05, 0) is 18.1 Å². The Morgan fingerprint density at radius 1 is 1.31 bits per heavy atom. The molecule has 0 fully saturated rings. The predicted octanol–water partition coefficient (Wildman–Crippen LogP) is 1.80. The minimum absolute atomic E-state index is 0.0610. The van der Waals surface area contributed by atoms with Crippen molar-refractivity contribution in [1.29, 1.82) is 0 Å². The summed E-state index contributed by atoms with van der Waals surface area (Å²) in [5.74, 6) is 0.193. The van der Waals surface area contributed by atoms with Crippen LogP contribution in [0.1, 0.15) is 36.9 Å². The van der Waals surface area contributed by atoms with Crippen LogP contribution >= 0.6 is 0 Å². The summed E-state index contributed by atoms with van der Waals surface area (Å²) in [6.07, 6.45) is 0. The molecule has 1 aromatic rings. The summed E-state index contributed by atoms with van der Waals surface area (Å²) in [5.41, 5.74) is 8.03. The summed E-state index contributed by atoms with van der Waals surface area (Å²) in [4.78, 5) is 0. The molecule has 13 heavy (non-hydrogen) atoms. The first-order valence-corrected chi connectivity index (χ1v) is 4.61. The second-order valence-corrected chi connectivity index (χ2v) is 3.54. The molecule has 0 aliphatic rings. The smallest absolute Gasteiger partial charge is 0.0497 e. The molecule has 2 nitrogen and oxygen atoms in total. The predicted molar refractivity (Wildman–Crippen MR) is 54.5 cm³/mol. The van der Waals surface area contributed by atoms with Crippen LogP contribution in [-0.4, -0.2) is 11.7 Å². The minimum atomic E-state index is 0.0610. The SMILES string of the molecule is CC(N)c1cccc(C(C)CO)c1. The normalized spacial score (nSPS) is 15.4. The number of rotatable bonds is 3. The molecule has 1 aromatic carbocycles. The molecule has 0 saturated carbocycles. The van der Waals surface area contributed by atoms with E-state index in [0.29, 0.717) is 0 Å². The van der Waals surface area contributed by atoms with Crippen LogP contribution in [0.15, 0.2) is 24.3 Å². The van der Waals surface area contributed by atoms with E-state index in [1.807, 2.05) is 32.0 Å². The highest BCUT2D eigenvalue weighted by atomic mass is 16.3. The van der Waals surface area contributed by atoms with Gasteiger partial charge in [0.05, 0.1) is 0 Å². The van der Waals surface area contributed by atoms with Crippen LogP contribution in [0.5, 0.6) is 0 Å². The highest BCUT2D eigenvalue weighted by Gasteiger charge is 2.05. The van der Waals surface area contributed by atoms with Gasteiger partial charge in [0, 0.05) is 18.6 Å². The fourth-order valence-electron chi connectivity index (χ4n) is 1.25. The summed E-state index contributed by atoms with van der Waals surface area (Å²) in [6.45, 7) is 4.14. The molecule has 0 heterocycles. The molecule has 2 unspecified atom stereocenters. The average molecular weight is 179 g/mol. The zero-order valence-electron chi connectivity index (χ0n) is 8.20. The third-order valence-corrected chi connectivity index (χ3v) is 2.28. The van der Waals surface area contributed by atoms with E-state index >= 15 is 0 Å². The van der Waals surface area contributed by atoms with Gasteiger partial charge < -0.3 is 10.8 Å². The van der Waals surface area contributed by atoms with Crippen molar-refractivity contribution in [2.24, 2.45) is 5.73 Å². The summed E-state index contributed by atoms with van der Waals surface area (Å²) >= 11 is 0. The van der Waals surface area contributed by atoms with Crippen molar-refractivity contribution in [3.05, 3.63) is 35.4 Å². The molecular weight excluding hydrogens is 162 g/mol. The molecule has 72 valence electrons. The number of aliphatic hydroxyl groups is 1. The second-order valence-electron chi connectivity index (χ2n) is 3.54. The monoisotopic (exact) mass is 179 g/mol. The zero-order chi connectivity index (χ0) is 9.84. The zero-order valence-corrected chi connectivity index (χ0v) is 8.20. The van der Waals surface area contributed by atoms with Gasteiger partial charge in [-0.15, -0.1) is 0 Å². The van der Waals surface area contributed by atoms with E-state index in [-0.39, 0.29) is 18.6 Å². The fraction of sp³-hybridized carbons (Fsp3) is 0.455. The van der Waals surface area contributed by atoms with Gasteiger partial charge in [0.1, 0.15) is 0 Å². The van der Waals surface area contributed by atoms with Gasteiger partial charge in [0.2, 0.25) is 0 Å². The topological polar surface area (TPSA) is 46.2 Å². The van der Waals surface area contributed by atoms with Crippen LogP contribution in [0.4, 0.5) is 0 Å². The Kier molecular flexibility index (Phi) is 3.46. The van der Waals surface area contributed by atoms with Crippen LogP contribution in [0.2, 0.25) is 0 Å². The van der Waals surface area contributed by atoms with E-state index in [1.165, 1.54) is 0 Å². The molecule has 0 amide bonds. The average Bonchev–Trinajstić information content (AvgIpc) is 2.17. The van der Waals surface area contributed by atoms with E-state index in [1.54, 1.807) is 0 Å². The van der Waals surface area contributed by atoms with Gasteiger partial charge in [0.15, 0.2) is 0 Å². The molecule has 1 rings (SSSR count). The minimum Gasteiger partial charge on any atom is -0.396 e. The van der Waals surface area contributed by atoms with Gasteiger partial charge >= 0.3 is 0 Å². The first-order chi connectivity index (χ1) is 6.15. The van der Waals surface area contributed by atoms with Crippen molar-refractivity contribution in [3.63, 3.8) is 0 Å². The maximum absolute atomic E-state index is 8.99. The Balaban J connectivity index is 2.91. The van der Waals surface area contributed by atoms with Crippen molar-refractivity contribution in [2.75, 3.05) is 6.61 Å². The van der Waals surface area contributed by atoms with Crippen LogP contribution in [0, 0.1) is 0 Å². The van der Waals surface area contributed by atoms with Crippen molar-refractivity contribution in [2.45, 2.75) is 25.8 Å². The Hall–Kier alpha value is -0.860. The maximum atomic E-state index is 8.99. The Labute approximate surface area is 79.4 Å². The van der Waals surface area contributed by atoms with Crippen LogP contribution in [0.3, 0.4) is 0 Å². The maximum Gasteiger partial charge on any atom is 0.0497 e. The summed E-state index contributed by atoms with van der Waals surface area (Å²) in [5, 5.41) is 8.99. The lowest BCUT2D eigenvalue weighted by atomic mass is 9.98. The largest absolute Gasteiger partial charge is 0.396 e. The van der Waals surface area contributed by atoms with E-state index in [2.05, 4.69) is 6.07 Å². The quantitative estimate of drug-likeness (QED) is 0.743. The highest BCUT2D eigenvalue weighted by molar-refractivity contribution is 5.27. The van der Waals surface area contributed by atoms with Crippen molar-refractivity contribution < 1.29 is 5.11 Å². The lowest BCUT2D eigenvalue weighted by molar-refractivity contribution is 0.273. The Bertz CT molecular complexity index is 271. The first-order valence-electron chi connectivity index (χ1n) is 4.61. The van der Waals surface area contributed by atoms with Gasteiger partial charge in [0.25, 0.3) is 0 Å². The first kappa shape index (κ1) is 10.2. The standard InChI is InChI=1S/C11H17NO/c1-8(7-13)10-4-3-5-11(6-10)9(2)12/h3-6,8-9,13H,7,12H2,1-2H3. The van der Waals surface area contributed by atoms with Gasteiger partial charge in [-0.25, -0.2) is 0 Å². The third kappa shape index (κ3) is 2.54. The molecule has 0 radical (unpaired) electrons. The molecule has 0 aromatic heterocycles. The molecule has 2 atom stereocenters. The van der Waals surface area contributed by atoms with Gasteiger partial charge in [-0.3, -0.25) is 0 Å². The van der Waals surface area contributed by atoms with Crippen LogP contribution in [0.25, 0.3) is 0 Å². The molecule has 2 heteroatoms. The fourth-order valence-corrected chi connectivity index (χ4v) is 1.25. The summed E-state index contributed by atoms with van der Waals surface area (Å²) < 4.78 is 0. The summed E-state index contributed by atoms with van der Waals surface area (Å²) in [6, 6.07) is 8.14. The van der Waals surface area contributed by atoms with E-state index in [0.717, 1.165) is 11.1 Å². The molecule has 0 spiro atoms. The Morgan fingerprint density at radius 3 is 2.46 bits per heavy atom. The molecule has 0 bridgehead atoms. The van der Waals surface area contributed by atoms with E-state index in [4.69, 9.17) is 10.8 Å². The van der Waals surface area contributed by atoms with Crippen molar-refractivity contribution in [1.82, 2.24) is 0 Å². The van der Waals surface area contributed by atoms with Crippen LogP contribution in [-0.2, 0) is 0 Å². The second kappa shape index (κ2) is 4.40. The molecular formula is C11H17NO. The molecule has 3 N–H and O–H groups in total. The number of aliphatic hydroxyl groups excluding tert-OH is 1. The van der Waals surface area contributed by atoms with Gasteiger partial charge in [-0.1, -0.05) is 31.2 Å². The van der Waals surface area contributed by atoms with Gasteiger partial charge in [-0.2, -0.15) is 0 Å². The molecule has 0 aliphatic carbocycles. The lowest BCUT2D eigenvalue weighted by Crippen LogP contribution is -2.06. The molecule has 0 saturated heterocycles. The van der Waals surface area contributed by atoms with Crippen LogP contribution < -0.4 is 5.73 Å². The Morgan fingerprint density at radius 2 is 1.92 bits per heavy atom. The summed E-state index contributed by atoms with van der Waals surface area (Å²) in [7, 11) is 0. The van der Waals surface area contributed by atoms with E-state index < -0.39 is 0 Å².